The third kappa shape index (κ3) is 6.19. The van der Waals surface area contributed by atoms with Crippen LogP contribution in [0.15, 0.2) is 71.5 Å². The second-order valence-corrected chi connectivity index (χ2v) is 10.3. The molecule has 0 bridgehead atoms. The third-order valence-corrected chi connectivity index (χ3v) is 7.53. The van der Waals surface area contributed by atoms with Crippen molar-refractivity contribution in [3.63, 3.8) is 0 Å². The van der Waals surface area contributed by atoms with E-state index in [1.165, 1.54) is 18.2 Å². The molecule has 1 unspecified atom stereocenters. The zero-order chi connectivity index (χ0) is 29.8. The van der Waals surface area contributed by atoms with Gasteiger partial charge >= 0.3 is 0 Å². The molecule has 1 atom stereocenters. The number of para-hydroxylation sites is 2. The van der Waals surface area contributed by atoms with Crippen molar-refractivity contribution in [1.29, 1.82) is 0 Å². The normalized spacial score (nSPS) is 14.5. The van der Waals surface area contributed by atoms with Crippen LogP contribution in [0, 0.1) is 0 Å². The van der Waals surface area contributed by atoms with E-state index in [4.69, 9.17) is 26.1 Å². The number of piperazine rings is 1. The molecule has 0 radical (unpaired) electrons. The first-order valence-corrected chi connectivity index (χ1v) is 14.0. The van der Waals surface area contributed by atoms with Crippen LogP contribution in [0.5, 0.6) is 11.5 Å². The Hall–Kier alpha value is -4.16. The lowest BCUT2D eigenvalue weighted by Gasteiger charge is -2.38. The summed E-state index contributed by atoms with van der Waals surface area (Å²) in [5.41, 5.74) is 0.652. The summed E-state index contributed by atoms with van der Waals surface area (Å²) in [5.74, 6) is 1.46. The number of fused-ring (bicyclic) bond motifs is 1. The number of carbonyl (C=O) groups excluding carboxylic acids is 1. The molecule has 42 heavy (non-hydrogen) atoms. The maximum absolute atomic E-state index is 14.0. The van der Waals surface area contributed by atoms with Gasteiger partial charge in [0.2, 0.25) is 0 Å². The van der Waals surface area contributed by atoms with Gasteiger partial charge in [-0.15, -0.1) is 5.23 Å². The number of hydrogen-bond donors (Lipinski definition) is 2. The van der Waals surface area contributed by atoms with E-state index in [1.54, 1.807) is 39.8 Å². The largest absolute Gasteiger partial charge is 0.492 e. The molecule has 11 nitrogen and oxygen atoms in total. The predicted molar refractivity (Wildman–Crippen MR) is 158 cm³/mol. The molecule has 1 saturated heterocycles. The highest BCUT2D eigenvalue weighted by molar-refractivity contribution is 6.30. The number of carbonyl (C=O) groups is 1. The number of hydrogen-bond acceptors (Lipinski definition) is 9. The lowest BCUT2D eigenvalue weighted by atomic mass is 10.1. The van der Waals surface area contributed by atoms with E-state index < -0.39 is 0 Å². The minimum atomic E-state index is -0.331. The molecule has 220 valence electrons. The number of amides is 1. The first kappa shape index (κ1) is 29.3. The van der Waals surface area contributed by atoms with Crippen molar-refractivity contribution >= 4 is 34.1 Å². The molecule has 12 heteroatoms. The Labute approximate surface area is 247 Å². The Kier molecular flexibility index (Phi) is 8.93. The number of anilines is 1. The fourth-order valence-electron chi connectivity index (χ4n) is 5.04. The fourth-order valence-corrected chi connectivity index (χ4v) is 5.16. The van der Waals surface area contributed by atoms with Crippen LogP contribution in [0.1, 0.15) is 25.7 Å². The van der Waals surface area contributed by atoms with E-state index in [0.717, 1.165) is 0 Å². The molecule has 0 aliphatic carbocycles. The van der Waals surface area contributed by atoms with Gasteiger partial charge in [-0.05, 0) is 68.4 Å². The van der Waals surface area contributed by atoms with Gasteiger partial charge in [0.15, 0.2) is 6.61 Å². The van der Waals surface area contributed by atoms with Crippen LogP contribution >= 0.6 is 11.6 Å². The highest BCUT2D eigenvalue weighted by Gasteiger charge is 2.29. The topological polar surface area (TPSA) is 121 Å². The lowest BCUT2D eigenvalue weighted by molar-refractivity contribution is -0.135. The van der Waals surface area contributed by atoms with Crippen LogP contribution < -0.4 is 20.3 Å². The summed E-state index contributed by atoms with van der Waals surface area (Å²) in [4.78, 5) is 35.6. The Morgan fingerprint density at radius 2 is 1.74 bits per heavy atom. The molecule has 2 N–H and O–H groups in total. The number of nitrogens with zero attached hydrogens (tertiary/aromatic N) is 5. The zero-order valence-electron chi connectivity index (χ0n) is 23.3. The number of halogens is 1. The Balaban J connectivity index is 1.42. The van der Waals surface area contributed by atoms with E-state index in [9.17, 15) is 20.0 Å². The third-order valence-electron chi connectivity index (χ3n) is 7.28. The van der Waals surface area contributed by atoms with E-state index in [-0.39, 0.29) is 35.0 Å². The first-order chi connectivity index (χ1) is 20.3. The van der Waals surface area contributed by atoms with Gasteiger partial charge in [-0.1, -0.05) is 23.7 Å². The molecule has 1 amide bonds. The van der Waals surface area contributed by atoms with E-state index in [2.05, 4.69) is 4.90 Å². The summed E-state index contributed by atoms with van der Waals surface area (Å²) in [6.45, 7) is 6.24. The monoisotopic (exact) mass is 593 g/mol. The minimum Gasteiger partial charge on any atom is -0.492 e. The van der Waals surface area contributed by atoms with Crippen LogP contribution in [0.2, 0.25) is 5.02 Å². The summed E-state index contributed by atoms with van der Waals surface area (Å²) >= 11 is 5.92. The van der Waals surface area contributed by atoms with Crippen molar-refractivity contribution in [3.05, 3.63) is 87.9 Å². The first-order valence-electron chi connectivity index (χ1n) is 13.6. The van der Waals surface area contributed by atoms with Crippen LogP contribution in [0.25, 0.3) is 16.6 Å². The van der Waals surface area contributed by atoms with E-state index >= 15 is 0 Å². The Morgan fingerprint density at radius 3 is 2.43 bits per heavy atom. The SMILES string of the molecule is CCOc1ccccc1-n1c(C(C)N2CCN(C(=O)COc3ccc(Cl)cc3)CC2)nc2cc(N(O)O)ccc2c1=O. The van der Waals surface area contributed by atoms with Crippen molar-refractivity contribution in [3.8, 4) is 17.2 Å². The van der Waals surface area contributed by atoms with Crippen molar-refractivity contribution in [2.24, 2.45) is 0 Å². The average molecular weight is 594 g/mol. The molecule has 2 heterocycles. The molecule has 1 aliphatic rings. The number of rotatable bonds is 9. The Bertz CT molecular complexity index is 1620. The van der Waals surface area contributed by atoms with Crippen molar-refractivity contribution in [2.75, 3.05) is 44.6 Å². The van der Waals surface area contributed by atoms with Gasteiger partial charge in [0.1, 0.15) is 17.3 Å². The zero-order valence-corrected chi connectivity index (χ0v) is 24.1. The summed E-state index contributed by atoms with van der Waals surface area (Å²) in [6, 6.07) is 18.2. The molecule has 5 rings (SSSR count). The fraction of sp³-hybridized carbons (Fsp3) is 0.300. The molecule has 1 aliphatic heterocycles. The minimum absolute atomic E-state index is 0.00692. The second kappa shape index (κ2) is 12.8. The highest BCUT2D eigenvalue weighted by atomic mass is 35.5. The van der Waals surface area contributed by atoms with Gasteiger partial charge in [0.05, 0.1) is 34.9 Å². The molecular weight excluding hydrogens is 562 g/mol. The summed E-state index contributed by atoms with van der Waals surface area (Å²) < 4.78 is 13.0. The van der Waals surface area contributed by atoms with Gasteiger partial charge in [0, 0.05) is 31.2 Å². The molecular formula is C30H32ClN5O6. The highest BCUT2D eigenvalue weighted by Crippen LogP contribution is 2.29. The van der Waals surface area contributed by atoms with Gasteiger partial charge in [-0.2, -0.15) is 0 Å². The standard InChI is InChI=1S/C30H32ClN5O6/c1-3-41-27-7-5-4-6-26(27)35-29(32-25-18-22(36(39)40)10-13-24(25)30(35)38)20(2)33-14-16-34(17-15-33)28(37)19-42-23-11-8-21(31)9-12-23/h4-13,18,20,39-40H,3,14-17,19H2,1-2H3. The van der Waals surface area contributed by atoms with Gasteiger partial charge in [-0.3, -0.25) is 29.5 Å². The molecule has 4 aromatic rings. The quantitative estimate of drug-likeness (QED) is 0.274. The molecule has 3 aromatic carbocycles. The maximum Gasteiger partial charge on any atom is 0.266 e. The second-order valence-electron chi connectivity index (χ2n) is 9.84. The summed E-state index contributed by atoms with van der Waals surface area (Å²) in [6.07, 6.45) is 0. The summed E-state index contributed by atoms with van der Waals surface area (Å²) in [5, 5.41) is 20.0. The van der Waals surface area contributed by atoms with Crippen LogP contribution in [-0.4, -0.2) is 75.1 Å². The number of aromatic nitrogens is 2. The average Bonchev–Trinajstić information content (AvgIpc) is 3.00. The van der Waals surface area contributed by atoms with Crippen LogP contribution in [0.4, 0.5) is 5.69 Å². The summed E-state index contributed by atoms with van der Waals surface area (Å²) in [7, 11) is 0. The van der Waals surface area contributed by atoms with Gasteiger partial charge in [0.25, 0.3) is 11.5 Å². The van der Waals surface area contributed by atoms with Gasteiger partial charge < -0.3 is 14.4 Å². The van der Waals surface area contributed by atoms with Crippen molar-refractivity contribution in [2.45, 2.75) is 19.9 Å². The Morgan fingerprint density at radius 1 is 1.02 bits per heavy atom. The van der Waals surface area contributed by atoms with Crippen LogP contribution in [-0.2, 0) is 4.79 Å². The maximum atomic E-state index is 14.0. The number of benzene rings is 3. The van der Waals surface area contributed by atoms with E-state index in [1.807, 2.05) is 32.0 Å². The molecule has 1 fully saturated rings. The predicted octanol–water partition coefficient (Wildman–Crippen LogP) is 4.31. The molecule has 0 spiro atoms. The number of ether oxygens (including phenoxy) is 2. The molecule has 0 saturated carbocycles. The van der Waals surface area contributed by atoms with E-state index in [0.29, 0.717) is 71.7 Å². The lowest BCUT2D eigenvalue weighted by Crippen LogP contribution is -2.51. The molecule has 1 aromatic heterocycles. The van der Waals surface area contributed by atoms with Gasteiger partial charge in [-0.25, -0.2) is 4.98 Å². The smallest absolute Gasteiger partial charge is 0.266 e. The van der Waals surface area contributed by atoms with Crippen molar-refractivity contribution < 1.29 is 24.7 Å². The van der Waals surface area contributed by atoms with Crippen molar-refractivity contribution in [1.82, 2.24) is 19.4 Å². The van der Waals surface area contributed by atoms with Crippen LogP contribution in [0.3, 0.4) is 0 Å².